The molecule has 0 radical (unpaired) electrons. The molecule has 2 rings (SSSR count). The van der Waals surface area contributed by atoms with Gasteiger partial charge in [0.2, 0.25) is 5.91 Å². The van der Waals surface area contributed by atoms with Crippen LogP contribution < -0.4 is 5.32 Å². The molecule has 0 saturated carbocycles. The van der Waals surface area contributed by atoms with E-state index in [1.165, 1.54) is 0 Å². The molecule has 1 aliphatic heterocycles. The van der Waals surface area contributed by atoms with Crippen LogP contribution in [0.2, 0.25) is 0 Å². The molecular weight excluding hydrogens is 264 g/mol. The van der Waals surface area contributed by atoms with E-state index in [0.29, 0.717) is 13.1 Å². The first-order valence-electron chi connectivity index (χ1n) is 6.24. The number of nitrogens with one attached hydrogen (secondary N) is 1. The summed E-state index contributed by atoms with van der Waals surface area (Å²) in [5.41, 5.74) is 0.890. The van der Waals surface area contributed by atoms with Gasteiger partial charge in [-0.25, -0.2) is 8.42 Å². The SMILES string of the molecule is CNC(=O)[C@@H](c1ccccc1)N1CCS(=O)(=O)CC1. The first-order chi connectivity index (χ1) is 9.03. The van der Waals surface area contributed by atoms with E-state index < -0.39 is 15.9 Å². The van der Waals surface area contributed by atoms with Crippen molar-refractivity contribution in [3.8, 4) is 0 Å². The summed E-state index contributed by atoms with van der Waals surface area (Å²) in [4.78, 5) is 14.0. The second-order valence-electron chi connectivity index (χ2n) is 4.62. The molecule has 1 fully saturated rings. The highest BCUT2D eigenvalue weighted by atomic mass is 32.2. The third-order valence-corrected chi connectivity index (χ3v) is 4.96. The lowest BCUT2D eigenvalue weighted by atomic mass is 10.0. The second-order valence-corrected chi connectivity index (χ2v) is 6.92. The van der Waals surface area contributed by atoms with Crippen molar-refractivity contribution >= 4 is 15.7 Å². The Morgan fingerprint density at radius 3 is 2.32 bits per heavy atom. The number of carbonyl (C=O) groups is 1. The maximum absolute atomic E-state index is 12.1. The molecule has 0 aromatic heterocycles. The fourth-order valence-electron chi connectivity index (χ4n) is 2.28. The molecule has 1 amide bonds. The van der Waals surface area contributed by atoms with Crippen molar-refractivity contribution < 1.29 is 13.2 Å². The molecule has 0 bridgehead atoms. The van der Waals surface area contributed by atoms with Crippen LogP contribution in [-0.4, -0.2) is 50.9 Å². The molecule has 0 spiro atoms. The summed E-state index contributed by atoms with van der Waals surface area (Å²) in [6.07, 6.45) is 0. The largest absolute Gasteiger partial charge is 0.358 e. The van der Waals surface area contributed by atoms with E-state index in [1.807, 2.05) is 35.2 Å². The molecule has 6 heteroatoms. The van der Waals surface area contributed by atoms with Crippen LogP contribution in [0, 0.1) is 0 Å². The summed E-state index contributed by atoms with van der Waals surface area (Å²) in [7, 11) is -1.34. The number of rotatable bonds is 3. The lowest BCUT2D eigenvalue weighted by molar-refractivity contribution is -0.126. The van der Waals surface area contributed by atoms with Gasteiger partial charge in [0.25, 0.3) is 0 Å². The Balaban J connectivity index is 2.23. The van der Waals surface area contributed by atoms with Crippen LogP contribution in [0.25, 0.3) is 0 Å². The van der Waals surface area contributed by atoms with Crippen LogP contribution in [0.4, 0.5) is 0 Å². The molecule has 1 aromatic carbocycles. The summed E-state index contributed by atoms with van der Waals surface area (Å²) in [5.74, 6) is 0.131. The number of likely N-dealkylation sites (N-methyl/N-ethyl adjacent to an activating group) is 1. The average molecular weight is 282 g/mol. The van der Waals surface area contributed by atoms with Gasteiger partial charge in [0.15, 0.2) is 9.84 Å². The summed E-state index contributed by atoms with van der Waals surface area (Å²) < 4.78 is 22.9. The van der Waals surface area contributed by atoms with E-state index in [-0.39, 0.29) is 17.4 Å². The summed E-state index contributed by atoms with van der Waals surface area (Å²) in [6, 6.07) is 9.02. The van der Waals surface area contributed by atoms with Crippen LogP contribution >= 0.6 is 0 Å². The fraction of sp³-hybridized carbons (Fsp3) is 0.462. The molecular formula is C13H18N2O3S. The van der Waals surface area contributed by atoms with Gasteiger partial charge in [-0.1, -0.05) is 30.3 Å². The lowest BCUT2D eigenvalue weighted by Gasteiger charge is -2.33. The zero-order valence-corrected chi connectivity index (χ0v) is 11.7. The highest BCUT2D eigenvalue weighted by Gasteiger charge is 2.31. The van der Waals surface area contributed by atoms with E-state index >= 15 is 0 Å². The number of benzene rings is 1. The van der Waals surface area contributed by atoms with Crippen molar-refractivity contribution in [1.82, 2.24) is 10.2 Å². The molecule has 1 aromatic rings. The number of amides is 1. The predicted molar refractivity (Wildman–Crippen MR) is 73.5 cm³/mol. The van der Waals surface area contributed by atoms with Gasteiger partial charge in [-0.2, -0.15) is 0 Å². The molecule has 5 nitrogen and oxygen atoms in total. The van der Waals surface area contributed by atoms with Gasteiger partial charge in [-0.3, -0.25) is 9.69 Å². The Morgan fingerprint density at radius 1 is 1.21 bits per heavy atom. The summed E-state index contributed by atoms with van der Waals surface area (Å²) in [5, 5.41) is 2.65. The highest BCUT2D eigenvalue weighted by Crippen LogP contribution is 2.22. The van der Waals surface area contributed by atoms with E-state index in [4.69, 9.17) is 0 Å². The number of nitrogens with zero attached hydrogens (tertiary/aromatic N) is 1. The zero-order chi connectivity index (χ0) is 13.9. The van der Waals surface area contributed by atoms with Gasteiger partial charge in [0.05, 0.1) is 11.5 Å². The molecule has 1 heterocycles. The van der Waals surface area contributed by atoms with Crippen LogP contribution in [0.3, 0.4) is 0 Å². The predicted octanol–water partition coefficient (Wildman–Crippen LogP) is 0.204. The summed E-state index contributed by atoms with van der Waals surface area (Å²) in [6.45, 7) is 0.796. The van der Waals surface area contributed by atoms with E-state index in [1.54, 1.807) is 7.05 Å². The second kappa shape index (κ2) is 5.71. The highest BCUT2D eigenvalue weighted by molar-refractivity contribution is 7.91. The normalized spacial score (nSPS) is 20.7. The minimum absolute atomic E-state index is 0.106. The van der Waals surface area contributed by atoms with Gasteiger partial charge in [0, 0.05) is 20.1 Å². The van der Waals surface area contributed by atoms with Gasteiger partial charge < -0.3 is 5.32 Å². The minimum Gasteiger partial charge on any atom is -0.358 e. The minimum atomic E-state index is -2.94. The van der Waals surface area contributed by atoms with Gasteiger partial charge in [-0.05, 0) is 5.56 Å². The molecule has 104 valence electrons. The monoisotopic (exact) mass is 282 g/mol. The molecule has 1 saturated heterocycles. The Labute approximate surface area is 113 Å². The van der Waals surface area contributed by atoms with Crippen LogP contribution in [0.5, 0.6) is 0 Å². The molecule has 0 aliphatic carbocycles. The Hall–Kier alpha value is -1.40. The number of carbonyl (C=O) groups excluding carboxylic acids is 1. The van der Waals surface area contributed by atoms with Crippen molar-refractivity contribution in [2.45, 2.75) is 6.04 Å². The maximum Gasteiger partial charge on any atom is 0.241 e. The quantitative estimate of drug-likeness (QED) is 0.860. The Bertz CT molecular complexity index is 528. The van der Waals surface area contributed by atoms with Gasteiger partial charge in [0.1, 0.15) is 6.04 Å². The lowest BCUT2D eigenvalue weighted by Crippen LogP contribution is -2.47. The van der Waals surface area contributed by atoms with Crippen LogP contribution in [0.1, 0.15) is 11.6 Å². The third-order valence-electron chi connectivity index (χ3n) is 3.35. The maximum atomic E-state index is 12.1. The van der Waals surface area contributed by atoms with E-state index in [2.05, 4.69) is 5.32 Å². The van der Waals surface area contributed by atoms with Crippen molar-refractivity contribution in [1.29, 1.82) is 0 Å². The van der Waals surface area contributed by atoms with Crippen LogP contribution in [-0.2, 0) is 14.6 Å². The smallest absolute Gasteiger partial charge is 0.241 e. The van der Waals surface area contributed by atoms with Crippen LogP contribution in [0.15, 0.2) is 30.3 Å². The molecule has 1 aliphatic rings. The van der Waals surface area contributed by atoms with Gasteiger partial charge in [-0.15, -0.1) is 0 Å². The molecule has 19 heavy (non-hydrogen) atoms. The fourth-order valence-corrected chi connectivity index (χ4v) is 3.51. The molecule has 1 atom stereocenters. The van der Waals surface area contributed by atoms with E-state index in [0.717, 1.165) is 5.56 Å². The molecule has 0 unspecified atom stereocenters. The topological polar surface area (TPSA) is 66.5 Å². The average Bonchev–Trinajstić information content (AvgIpc) is 2.42. The third kappa shape index (κ3) is 3.33. The van der Waals surface area contributed by atoms with Crippen molar-refractivity contribution in [2.75, 3.05) is 31.6 Å². The number of hydrogen-bond donors (Lipinski definition) is 1. The van der Waals surface area contributed by atoms with Crippen molar-refractivity contribution in [3.05, 3.63) is 35.9 Å². The van der Waals surface area contributed by atoms with E-state index in [9.17, 15) is 13.2 Å². The van der Waals surface area contributed by atoms with Crippen molar-refractivity contribution in [2.24, 2.45) is 0 Å². The van der Waals surface area contributed by atoms with Gasteiger partial charge >= 0.3 is 0 Å². The Kier molecular flexibility index (Phi) is 4.21. The Morgan fingerprint density at radius 2 is 1.79 bits per heavy atom. The number of sulfone groups is 1. The number of hydrogen-bond acceptors (Lipinski definition) is 4. The standard InChI is InChI=1S/C13H18N2O3S/c1-14-13(16)12(11-5-3-2-4-6-11)15-7-9-19(17,18)10-8-15/h2-6,12H,7-10H2,1H3,(H,14,16)/t12-/m1/s1. The van der Waals surface area contributed by atoms with Crippen molar-refractivity contribution in [3.63, 3.8) is 0 Å². The first-order valence-corrected chi connectivity index (χ1v) is 8.06. The summed E-state index contributed by atoms with van der Waals surface area (Å²) >= 11 is 0. The molecule has 1 N–H and O–H groups in total. The zero-order valence-electron chi connectivity index (χ0n) is 10.9. The first kappa shape index (κ1) is 14.0.